The largest absolute Gasteiger partial charge is 0.310 e. The van der Waals surface area contributed by atoms with Crippen LogP contribution in [0.1, 0.15) is 0 Å². The van der Waals surface area contributed by atoms with Gasteiger partial charge in [-0.15, -0.1) is 11.3 Å². The molecular formula is C40H27NS. The van der Waals surface area contributed by atoms with E-state index in [2.05, 4.69) is 169 Å². The van der Waals surface area contributed by atoms with Crippen LogP contribution in [0.25, 0.3) is 53.2 Å². The molecule has 0 saturated heterocycles. The molecule has 1 heterocycles. The smallest absolute Gasteiger partial charge is 0.0540 e. The maximum Gasteiger partial charge on any atom is 0.0540 e. The number of fused-ring (bicyclic) bond motifs is 4. The van der Waals surface area contributed by atoms with Gasteiger partial charge in [-0.2, -0.15) is 0 Å². The normalized spacial score (nSPS) is 11.3. The van der Waals surface area contributed by atoms with Gasteiger partial charge in [-0.1, -0.05) is 121 Å². The summed E-state index contributed by atoms with van der Waals surface area (Å²) in [4.78, 5) is 2.39. The van der Waals surface area contributed by atoms with E-state index in [1.54, 1.807) is 0 Å². The van der Waals surface area contributed by atoms with Crippen LogP contribution in [0.3, 0.4) is 0 Å². The Morgan fingerprint density at radius 3 is 1.93 bits per heavy atom. The van der Waals surface area contributed by atoms with Crippen LogP contribution < -0.4 is 4.90 Å². The predicted octanol–water partition coefficient (Wildman–Crippen LogP) is 12.0. The van der Waals surface area contributed by atoms with Crippen molar-refractivity contribution >= 4 is 59.3 Å². The van der Waals surface area contributed by atoms with E-state index in [0.29, 0.717) is 0 Å². The van der Waals surface area contributed by atoms with Gasteiger partial charge in [0.1, 0.15) is 0 Å². The molecule has 0 saturated carbocycles. The highest BCUT2D eigenvalue weighted by atomic mass is 32.1. The summed E-state index contributed by atoms with van der Waals surface area (Å²) in [7, 11) is 0. The van der Waals surface area contributed by atoms with Crippen molar-refractivity contribution in [2.45, 2.75) is 0 Å². The molecule has 0 radical (unpaired) electrons. The van der Waals surface area contributed by atoms with Gasteiger partial charge in [0.2, 0.25) is 0 Å². The standard InChI is InChI=1S/C40H27NS/c1-2-16-31(17-3-1)41(32-24-25-37-36-20-7-9-23-39(36)42-40(37)27-32)38-22-8-6-19-35(38)30-15-10-14-29(26-30)34-21-11-13-28-12-4-5-18-33(28)34/h1-27H. The molecule has 0 unspecified atom stereocenters. The summed E-state index contributed by atoms with van der Waals surface area (Å²) < 4.78 is 2.62. The van der Waals surface area contributed by atoms with Gasteiger partial charge in [0.25, 0.3) is 0 Å². The fraction of sp³-hybridized carbons (Fsp3) is 0. The topological polar surface area (TPSA) is 3.24 Å². The average molecular weight is 554 g/mol. The lowest BCUT2D eigenvalue weighted by molar-refractivity contribution is 1.29. The molecule has 0 atom stereocenters. The first-order valence-electron chi connectivity index (χ1n) is 14.3. The highest BCUT2D eigenvalue weighted by Gasteiger charge is 2.18. The summed E-state index contributed by atoms with van der Waals surface area (Å²) in [5.74, 6) is 0. The molecule has 0 bridgehead atoms. The van der Waals surface area contributed by atoms with E-state index in [1.807, 2.05) is 11.3 Å². The number of hydrogen-bond donors (Lipinski definition) is 0. The average Bonchev–Trinajstić information content (AvgIpc) is 3.43. The van der Waals surface area contributed by atoms with E-state index in [-0.39, 0.29) is 0 Å². The van der Waals surface area contributed by atoms with E-state index in [4.69, 9.17) is 0 Å². The third-order valence-corrected chi connectivity index (χ3v) is 9.19. The van der Waals surface area contributed by atoms with E-state index >= 15 is 0 Å². The minimum Gasteiger partial charge on any atom is -0.310 e. The van der Waals surface area contributed by atoms with Crippen molar-refractivity contribution in [2.75, 3.05) is 4.90 Å². The second-order valence-corrected chi connectivity index (χ2v) is 11.7. The van der Waals surface area contributed by atoms with E-state index in [1.165, 1.54) is 53.2 Å². The van der Waals surface area contributed by atoms with Crippen LogP contribution in [-0.2, 0) is 0 Å². The third-order valence-electron chi connectivity index (χ3n) is 8.05. The molecule has 0 N–H and O–H groups in total. The van der Waals surface area contributed by atoms with Crippen LogP contribution in [0.4, 0.5) is 17.1 Å². The van der Waals surface area contributed by atoms with E-state index in [9.17, 15) is 0 Å². The van der Waals surface area contributed by atoms with Crippen LogP contribution in [0, 0.1) is 0 Å². The molecule has 8 aromatic rings. The zero-order valence-corrected chi connectivity index (χ0v) is 23.8. The molecule has 2 heteroatoms. The number of para-hydroxylation sites is 2. The minimum atomic E-state index is 1.13. The summed E-state index contributed by atoms with van der Waals surface area (Å²) in [6, 6.07) is 59.2. The van der Waals surface area contributed by atoms with Crippen molar-refractivity contribution < 1.29 is 0 Å². The zero-order valence-electron chi connectivity index (χ0n) is 22.9. The highest BCUT2D eigenvalue weighted by Crippen LogP contribution is 2.44. The highest BCUT2D eigenvalue weighted by molar-refractivity contribution is 7.25. The first-order chi connectivity index (χ1) is 20.8. The SMILES string of the molecule is c1ccc(N(c2ccc3c(c2)sc2ccccc23)c2ccccc2-c2cccc(-c3cccc4ccccc34)c2)cc1. The minimum absolute atomic E-state index is 1.13. The van der Waals surface area contributed by atoms with Gasteiger partial charge in [-0.05, 0) is 69.9 Å². The molecule has 198 valence electrons. The fourth-order valence-electron chi connectivity index (χ4n) is 6.10. The maximum absolute atomic E-state index is 2.39. The molecule has 0 aliphatic heterocycles. The molecule has 7 aromatic carbocycles. The number of nitrogens with zero attached hydrogens (tertiary/aromatic N) is 1. The Morgan fingerprint density at radius 2 is 1.02 bits per heavy atom. The second kappa shape index (κ2) is 10.3. The number of benzene rings is 7. The van der Waals surface area contributed by atoms with Crippen LogP contribution in [0.5, 0.6) is 0 Å². The summed E-state index contributed by atoms with van der Waals surface area (Å²) in [5.41, 5.74) is 8.30. The van der Waals surface area contributed by atoms with Crippen LogP contribution in [0.2, 0.25) is 0 Å². The quantitative estimate of drug-likeness (QED) is 0.205. The predicted molar refractivity (Wildman–Crippen MR) is 182 cm³/mol. The molecule has 0 aliphatic carbocycles. The zero-order chi connectivity index (χ0) is 27.9. The number of thiophene rings is 1. The molecule has 0 spiro atoms. The van der Waals surface area contributed by atoms with Crippen molar-refractivity contribution in [2.24, 2.45) is 0 Å². The Balaban J connectivity index is 1.30. The summed E-state index contributed by atoms with van der Waals surface area (Å²) in [6.07, 6.45) is 0. The second-order valence-electron chi connectivity index (χ2n) is 10.6. The summed E-state index contributed by atoms with van der Waals surface area (Å²) >= 11 is 1.86. The van der Waals surface area contributed by atoms with Gasteiger partial charge in [0.05, 0.1) is 5.69 Å². The lowest BCUT2D eigenvalue weighted by Crippen LogP contribution is -2.11. The Bertz CT molecular complexity index is 2200. The van der Waals surface area contributed by atoms with E-state index in [0.717, 1.165) is 17.1 Å². The number of hydrogen-bond acceptors (Lipinski definition) is 2. The van der Waals surface area contributed by atoms with Crippen molar-refractivity contribution in [3.05, 3.63) is 164 Å². The van der Waals surface area contributed by atoms with Crippen LogP contribution in [-0.4, -0.2) is 0 Å². The van der Waals surface area contributed by atoms with E-state index < -0.39 is 0 Å². The Hall–Kier alpha value is -5.18. The van der Waals surface area contributed by atoms with Crippen LogP contribution in [0.15, 0.2) is 164 Å². The summed E-state index contributed by atoms with van der Waals surface area (Å²) in [6.45, 7) is 0. The number of rotatable bonds is 5. The van der Waals surface area contributed by atoms with Gasteiger partial charge >= 0.3 is 0 Å². The molecular weight excluding hydrogens is 527 g/mol. The lowest BCUT2D eigenvalue weighted by Gasteiger charge is -2.28. The van der Waals surface area contributed by atoms with Crippen molar-refractivity contribution in [1.82, 2.24) is 0 Å². The molecule has 0 amide bonds. The van der Waals surface area contributed by atoms with Gasteiger partial charge in [0, 0.05) is 37.1 Å². The van der Waals surface area contributed by atoms with Gasteiger partial charge in [-0.25, -0.2) is 0 Å². The summed E-state index contributed by atoms with van der Waals surface area (Å²) in [5, 5.41) is 5.16. The fourth-order valence-corrected chi connectivity index (χ4v) is 7.24. The molecule has 42 heavy (non-hydrogen) atoms. The van der Waals surface area contributed by atoms with Crippen molar-refractivity contribution in [3.63, 3.8) is 0 Å². The number of anilines is 3. The van der Waals surface area contributed by atoms with Gasteiger partial charge < -0.3 is 4.90 Å². The van der Waals surface area contributed by atoms with Crippen molar-refractivity contribution in [3.8, 4) is 22.3 Å². The maximum atomic E-state index is 2.39. The first-order valence-corrected chi connectivity index (χ1v) is 15.1. The molecule has 1 aromatic heterocycles. The van der Waals surface area contributed by atoms with Gasteiger partial charge in [-0.3, -0.25) is 0 Å². The van der Waals surface area contributed by atoms with Crippen LogP contribution >= 0.6 is 11.3 Å². The molecule has 0 aliphatic rings. The van der Waals surface area contributed by atoms with Gasteiger partial charge in [0.15, 0.2) is 0 Å². The molecule has 8 rings (SSSR count). The molecule has 1 nitrogen and oxygen atoms in total. The monoisotopic (exact) mass is 553 g/mol. The Labute approximate surface area is 249 Å². The Kier molecular flexibility index (Phi) is 6.05. The Morgan fingerprint density at radius 1 is 0.381 bits per heavy atom. The first kappa shape index (κ1) is 24.6. The third kappa shape index (κ3) is 4.25. The molecule has 0 fully saturated rings. The lowest BCUT2D eigenvalue weighted by atomic mass is 9.94. The van der Waals surface area contributed by atoms with Crippen molar-refractivity contribution in [1.29, 1.82) is 0 Å².